The van der Waals surface area contributed by atoms with E-state index < -0.39 is 0 Å². The minimum Gasteiger partial charge on any atom is -0.298 e. The van der Waals surface area contributed by atoms with Gasteiger partial charge >= 0.3 is 0 Å². The number of amides is 1. The van der Waals surface area contributed by atoms with Crippen LogP contribution < -0.4 is 5.32 Å². The lowest BCUT2D eigenvalue weighted by molar-refractivity contribution is 0.101. The molecular weight excluding hydrogens is 320 g/mol. The van der Waals surface area contributed by atoms with E-state index in [0.717, 1.165) is 11.1 Å². The van der Waals surface area contributed by atoms with Crippen LogP contribution in [0.1, 0.15) is 32.5 Å². The fraction of sp³-hybridized carbons (Fsp3) is 0.105. The minimum atomic E-state index is -0.234. The third kappa shape index (κ3) is 3.41. The monoisotopic (exact) mass is 336 g/mol. The number of hydrogen-bond donors (Lipinski definition) is 1. The third-order valence-corrected chi connectivity index (χ3v) is 4.57. The Morgan fingerprint density at radius 1 is 1.04 bits per heavy atom. The molecule has 1 N–H and O–H groups in total. The summed E-state index contributed by atoms with van der Waals surface area (Å²) in [6, 6.07) is 16.8. The second-order valence-electron chi connectivity index (χ2n) is 5.44. The smallest absolute Gasteiger partial charge is 0.257 e. The van der Waals surface area contributed by atoms with Gasteiger partial charge in [-0.05, 0) is 19.1 Å². The van der Waals surface area contributed by atoms with Crippen molar-refractivity contribution in [2.45, 2.75) is 13.8 Å². The zero-order valence-corrected chi connectivity index (χ0v) is 14.2. The number of aromatic nitrogens is 1. The van der Waals surface area contributed by atoms with Gasteiger partial charge in [-0.3, -0.25) is 14.9 Å². The standard InChI is InChI=1S/C19H16N2O2S/c1-12-7-6-10-15(11-12)18(23)21-19-20-16(17(24-19)13(2)22)14-8-4-3-5-9-14/h3-11H,1-2H3,(H,20,21,23). The van der Waals surface area contributed by atoms with Gasteiger partial charge in [-0.15, -0.1) is 0 Å². The third-order valence-electron chi connectivity index (χ3n) is 3.49. The summed E-state index contributed by atoms with van der Waals surface area (Å²) < 4.78 is 0. The molecule has 4 nitrogen and oxygen atoms in total. The van der Waals surface area contributed by atoms with Gasteiger partial charge in [0.1, 0.15) is 0 Å². The van der Waals surface area contributed by atoms with Crippen molar-refractivity contribution in [2.24, 2.45) is 0 Å². The molecule has 24 heavy (non-hydrogen) atoms. The molecule has 0 atom stereocenters. The highest BCUT2D eigenvalue weighted by Gasteiger charge is 2.18. The van der Waals surface area contributed by atoms with Crippen molar-refractivity contribution in [3.63, 3.8) is 0 Å². The molecule has 0 spiro atoms. The summed E-state index contributed by atoms with van der Waals surface area (Å²) in [6.07, 6.45) is 0. The number of carbonyl (C=O) groups excluding carboxylic acids is 2. The average molecular weight is 336 g/mol. The molecule has 3 rings (SSSR count). The maximum absolute atomic E-state index is 12.4. The van der Waals surface area contributed by atoms with E-state index in [2.05, 4.69) is 10.3 Å². The van der Waals surface area contributed by atoms with Crippen LogP contribution in [0.5, 0.6) is 0 Å². The van der Waals surface area contributed by atoms with Crippen LogP contribution in [0.25, 0.3) is 11.3 Å². The van der Waals surface area contributed by atoms with Crippen molar-refractivity contribution >= 4 is 28.2 Å². The molecule has 0 aliphatic rings. The Bertz CT molecular complexity index is 901. The Kier molecular flexibility index (Phi) is 4.53. The van der Waals surface area contributed by atoms with Gasteiger partial charge in [0.25, 0.3) is 5.91 Å². The zero-order valence-electron chi connectivity index (χ0n) is 13.4. The largest absolute Gasteiger partial charge is 0.298 e. The van der Waals surface area contributed by atoms with Crippen LogP contribution in [0.3, 0.4) is 0 Å². The van der Waals surface area contributed by atoms with Gasteiger partial charge in [-0.2, -0.15) is 0 Å². The van der Waals surface area contributed by atoms with Crippen LogP contribution in [0.4, 0.5) is 5.13 Å². The molecule has 1 amide bonds. The molecule has 5 heteroatoms. The summed E-state index contributed by atoms with van der Waals surface area (Å²) in [7, 11) is 0. The number of nitrogens with zero attached hydrogens (tertiary/aromatic N) is 1. The molecule has 0 saturated heterocycles. The van der Waals surface area contributed by atoms with Crippen LogP contribution in [-0.4, -0.2) is 16.7 Å². The zero-order chi connectivity index (χ0) is 17.1. The van der Waals surface area contributed by atoms with Crippen molar-refractivity contribution < 1.29 is 9.59 Å². The predicted octanol–water partition coefficient (Wildman–Crippen LogP) is 4.57. The van der Waals surface area contributed by atoms with Crippen molar-refractivity contribution in [3.8, 4) is 11.3 Å². The topological polar surface area (TPSA) is 59.1 Å². The van der Waals surface area contributed by atoms with Gasteiger partial charge in [-0.1, -0.05) is 59.4 Å². The highest BCUT2D eigenvalue weighted by atomic mass is 32.1. The first-order valence-electron chi connectivity index (χ1n) is 7.50. The number of nitrogens with one attached hydrogen (secondary N) is 1. The maximum Gasteiger partial charge on any atom is 0.257 e. The van der Waals surface area contributed by atoms with E-state index in [-0.39, 0.29) is 11.7 Å². The number of benzene rings is 2. The Hall–Kier alpha value is -2.79. The lowest BCUT2D eigenvalue weighted by Crippen LogP contribution is -2.11. The van der Waals surface area contributed by atoms with Gasteiger partial charge in [-0.25, -0.2) is 4.98 Å². The van der Waals surface area contributed by atoms with E-state index in [9.17, 15) is 9.59 Å². The molecule has 1 heterocycles. The molecule has 2 aromatic carbocycles. The molecule has 0 aliphatic carbocycles. The van der Waals surface area contributed by atoms with E-state index in [0.29, 0.717) is 21.3 Å². The maximum atomic E-state index is 12.4. The fourth-order valence-electron chi connectivity index (χ4n) is 2.36. The van der Waals surface area contributed by atoms with Gasteiger partial charge in [0.2, 0.25) is 0 Å². The summed E-state index contributed by atoms with van der Waals surface area (Å²) in [4.78, 5) is 29.3. The first-order valence-corrected chi connectivity index (χ1v) is 8.31. The van der Waals surface area contributed by atoms with Crippen LogP contribution >= 0.6 is 11.3 Å². The van der Waals surface area contributed by atoms with E-state index in [4.69, 9.17) is 0 Å². The van der Waals surface area contributed by atoms with Crippen LogP contribution in [0, 0.1) is 6.92 Å². The molecule has 0 radical (unpaired) electrons. The van der Waals surface area contributed by atoms with E-state index in [1.807, 2.05) is 55.5 Å². The van der Waals surface area contributed by atoms with Gasteiger partial charge < -0.3 is 0 Å². The van der Waals surface area contributed by atoms with Crippen molar-refractivity contribution in [1.82, 2.24) is 4.98 Å². The fourth-order valence-corrected chi connectivity index (χ4v) is 3.24. The summed E-state index contributed by atoms with van der Waals surface area (Å²) in [5.41, 5.74) is 3.04. The summed E-state index contributed by atoms with van der Waals surface area (Å²) in [5, 5.41) is 3.21. The molecule has 0 aliphatic heterocycles. The number of hydrogen-bond acceptors (Lipinski definition) is 4. The summed E-state index contributed by atoms with van der Waals surface area (Å²) >= 11 is 1.20. The van der Waals surface area contributed by atoms with E-state index >= 15 is 0 Å². The quantitative estimate of drug-likeness (QED) is 0.710. The SMILES string of the molecule is CC(=O)c1sc(NC(=O)c2cccc(C)c2)nc1-c1ccccc1. The minimum absolute atomic E-state index is 0.0672. The summed E-state index contributed by atoms with van der Waals surface area (Å²) in [6.45, 7) is 3.44. The molecule has 0 fully saturated rings. The molecular formula is C19H16N2O2S. The van der Waals surface area contributed by atoms with Crippen molar-refractivity contribution in [1.29, 1.82) is 0 Å². The second kappa shape index (κ2) is 6.76. The Morgan fingerprint density at radius 3 is 2.46 bits per heavy atom. The highest BCUT2D eigenvalue weighted by molar-refractivity contribution is 7.18. The Labute approximate surface area is 144 Å². The van der Waals surface area contributed by atoms with Crippen LogP contribution in [0.15, 0.2) is 54.6 Å². The number of aryl methyl sites for hydroxylation is 1. The van der Waals surface area contributed by atoms with E-state index in [1.165, 1.54) is 18.3 Å². The molecule has 0 unspecified atom stereocenters. The highest BCUT2D eigenvalue weighted by Crippen LogP contribution is 2.31. The number of rotatable bonds is 4. The average Bonchev–Trinajstić information content (AvgIpc) is 3.00. The molecule has 0 saturated carbocycles. The number of thiazole rings is 1. The number of Topliss-reactive ketones (excluding diaryl/α,β-unsaturated/α-hetero) is 1. The second-order valence-corrected chi connectivity index (χ2v) is 6.44. The summed E-state index contributed by atoms with van der Waals surface area (Å²) in [5.74, 6) is -0.301. The molecule has 3 aromatic rings. The number of anilines is 1. The van der Waals surface area contributed by atoms with Gasteiger partial charge in [0.05, 0.1) is 10.6 Å². The van der Waals surface area contributed by atoms with Gasteiger partial charge in [0, 0.05) is 18.1 Å². The van der Waals surface area contributed by atoms with Crippen molar-refractivity contribution in [2.75, 3.05) is 5.32 Å². The molecule has 120 valence electrons. The molecule has 1 aromatic heterocycles. The lowest BCUT2D eigenvalue weighted by Gasteiger charge is -2.02. The van der Waals surface area contributed by atoms with Crippen LogP contribution in [-0.2, 0) is 0 Å². The number of ketones is 1. The Balaban J connectivity index is 1.92. The van der Waals surface area contributed by atoms with Crippen LogP contribution in [0.2, 0.25) is 0 Å². The lowest BCUT2D eigenvalue weighted by atomic mass is 10.1. The first-order chi connectivity index (χ1) is 11.5. The normalized spacial score (nSPS) is 10.4. The Morgan fingerprint density at radius 2 is 1.79 bits per heavy atom. The van der Waals surface area contributed by atoms with E-state index in [1.54, 1.807) is 6.07 Å². The number of carbonyl (C=O) groups is 2. The molecule has 0 bridgehead atoms. The van der Waals surface area contributed by atoms with Crippen molar-refractivity contribution in [3.05, 3.63) is 70.6 Å². The van der Waals surface area contributed by atoms with Gasteiger partial charge in [0.15, 0.2) is 10.9 Å². The first kappa shape index (κ1) is 16.1. The predicted molar refractivity (Wildman–Crippen MR) is 96.7 cm³/mol.